The van der Waals surface area contributed by atoms with Crippen LogP contribution >= 0.6 is 0 Å². The lowest BCUT2D eigenvalue weighted by molar-refractivity contribution is -0.515. The van der Waals surface area contributed by atoms with E-state index in [1.807, 2.05) is 4.74 Å². The summed E-state index contributed by atoms with van der Waals surface area (Å²) >= 11 is 0. The van der Waals surface area contributed by atoms with Gasteiger partial charge in [0.2, 0.25) is 0 Å². The Morgan fingerprint density at radius 2 is 1.22 bits per heavy atom. The van der Waals surface area contributed by atoms with Gasteiger partial charge in [-0.05, 0) is 0 Å². The van der Waals surface area contributed by atoms with Crippen LogP contribution in [0.2, 0.25) is 0 Å². The normalized spacial score (nSPS) is 16.7. The predicted octanol–water partition coefficient (Wildman–Crippen LogP) is 3.99. The summed E-state index contributed by atoms with van der Waals surface area (Å²) in [6.07, 6.45) is -25.6. The van der Waals surface area contributed by atoms with Crippen molar-refractivity contribution < 1.29 is 79.5 Å². The van der Waals surface area contributed by atoms with Crippen LogP contribution in [0, 0.1) is 0 Å². The summed E-state index contributed by atoms with van der Waals surface area (Å²) in [6.45, 7) is 0. The first kappa shape index (κ1) is 25.5. The molecule has 27 heavy (non-hydrogen) atoms. The Bertz CT molecular complexity index is 679. The van der Waals surface area contributed by atoms with Crippen LogP contribution in [0.5, 0.6) is 0 Å². The van der Waals surface area contributed by atoms with E-state index < -0.39 is 58.1 Å². The Morgan fingerprint density at radius 3 is 1.52 bits per heavy atom. The highest BCUT2D eigenvalue weighted by atomic mass is 32.2. The second-order valence-corrected chi connectivity index (χ2v) is 5.75. The molecule has 1 unspecified atom stereocenters. The fourth-order valence-corrected chi connectivity index (χ4v) is 1.69. The van der Waals surface area contributed by atoms with Crippen molar-refractivity contribution in [3.8, 4) is 0 Å². The molecule has 0 fully saturated rings. The fraction of sp³-hybridized carbons (Fsp3) is 0.750. The molecule has 5 nitrogen and oxygen atoms in total. The summed E-state index contributed by atoms with van der Waals surface area (Å²) in [5.41, 5.74) is 0. The van der Waals surface area contributed by atoms with Crippen LogP contribution < -0.4 is 0 Å². The lowest BCUT2D eigenvalue weighted by atomic mass is 10.2. The van der Waals surface area contributed by atoms with Gasteiger partial charge in [-0.15, -0.1) is 0 Å². The Balaban J connectivity index is 6.23. The van der Waals surface area contributed by atoms with Gasteiger partial charge >= 0.3 is 42.3 Å². The molecule has 0 aromatic heterocycles. The van der Waals surface area contributed by atoms with Crippen LogP contribution in [-0.2, 0) is 19.6 Å². The van der Waals surface area contributed by atoms with Crippen molar-refractivity contribution in [1.29, 1.82) is 0 Å². The highest BCUT2D eigenvalue weighted by molar-refractivity contribution is 7.85. The third-order valence-electron chi connectivity index (χ3n) is 2.16. The molecule has 162 valence electrons. The maximum atomic E-state index is 13.5. The van der Waals surface area contributed by atoms with Crippen molar-refractivity contribution in [3.05, 3.63) is 12.1 Å². The van der Waals surface area contributed by atoms with Crippen LogP contribution in [-0.4, -0.2) is 48.9 Å². The van der Waals surface area contributed by atoms with Gasteiger partial charge in [-0.1, -0.05) is 0 Å². The number of hydrogen-bond donors (Lipinski definition) is 1. The van der Waals surface area contributed by atoms with E-state index in [1.54, 1.807) is 4.74 Å². The lowest BCUT2D eigenvalue weighted by Gasteiger charge is -2.37. The second kappa shape index (κ2) is 7.15. The molecule has 0 aliphatic carbocycles. The van der Waals surface area contributed by atoms with Crippen LogP contribution in [0.15, 0.2) is 12.1 Å². The standard InChI is InChI=1S/C8H3F13O5S/c9-2(10)3(11)25-8(20,21)5(14,6(15,16)17)26-7(18,19)4(12,13)1-27(22,23)24/h1H2,(H,22,23,24). The molecule has 0 aliphatic rings. The maximum absolute atomic E-state index is 13.5. The number of ether oxygens (including phenoxy) is 2. The van der Waals surface area contributed by atoms with E-state index in [0.717, 1.165) is 0 Å². The molecule has 0 heterocycles. The van der Waals surface area contributed by atoms with Gasteiger partial charge in [0, 0.05) is 0 Å². The minimum absolute atomic E-state index is 1.69. The summed E-state index contributed by atoms with van der Waals surface area (Å²) in [6, 6.07) is -3.91. The average Bonchev–Trinajstić information content (AvgIpc) is 2.32. The zero-order valence-corrected chi connectivity index (χ0v) is 12.4. The van der Waals surface area contributed by atoms with Crippen molar-refractivity contribution in [2.45, 2.75) is 30.2 Å². The summed E-state index contributed by atoms with van der Waals surface area (Å²) in [5.74, 6) is -17.3. The van der Waals surface area contributed by atoms with Gasteiger partial charge in [0.25, 0.3) is 10.1 Å². The number of alkyl halides is 10. The Hall–Kier alpha value is -1.50. The average molecular weight is 458 g/mol. The molecule has 0 amide bonds. The molecule has 0 aromatic rings. The van der Waals surface area contributed by atoms with Gasteiger partial charge < -0.3 is 4.74 Å². The molecule has 1 atom stereocenters. The fourth-order valence-electron chi connectivity index (χ4n) is 1.06. The zero-order valence-electron chi connectivity index (χ0n) is 11.6. The minimum atomic E-state index is -7.46. The molecule has 0 rings (SSSR count). The van der Waals surface area contributed by atoms with Crippen LogP contribution in [0.3, 0.4) is 0 Å². The molecule has 0 saturated carbocycles. The first-order valence-corrected chi connectivity index (χ1v) is 7.04. The third-order valence-corrected chi connectivity index (χ3v) is 2.89. The van der Waals surface area contributed by atoms with E-state index in [1.165, 1.54) is 0 Å². The van der Waals surface area contributed by atoms with Gasteiger partial charge in [0.1, 0.15) is 5.75 Å². The van der Waals surface area contributed by atoms with Crippen molar-refractivity contribution in [2.75, 3.05) is 5.75 Å². The number of hydrogen-bond acceptors (Lipinski definition) is 4. The first-order valence-electron chi connectivity index (χ1n) is 5.43. The molecule has 0 aliphatic heterocycles. The van der Waals surface area contributed by atoms with E-state index >= 15 is 0 Å². The van der Waals surface area contributed by atoms with Crippen LogP contribution in [0.4, 0.5) is 57.1 Å². The molecule has 0 bridgehead atoms. The van der Waals surface area contributed by atoms with E-state index in [9.17, 15) is 65.5 Å². The Labute approximate surface area is 139 Å². The monoisotopic (exact) mass is 458 g/mol. The van der Waals surface area contributed by atoms with Gasteiger partial charge in [-0.2, -0.15) is 65.5 Å². The lowest BCUT2D eigenvalue weighted by Crippen LogP contribution is -2.64. The minimum Gasteiger partial charge on any atom is -0.398 e. The predicted molar refractivity (Wildman–Crippen MR) is 53.7 cm³/mol. The highest BCUT2D eigenvalue weighted by Gasteiger charge is 2.81. The molecule has 0 spiro atoms. The summed E-state index contributed by atoms with van der Waals surface area (Å²) in [4.78, 5) is 0. The van der Waals surface area contributed by atoms with E-state index in [2.05, 4.69) is 0 Å². The highest BCUT2D eigenvalue weighted by Crippen LogP contribution is 2.52. The molecule has 0 aromatic carbocycles. The SMILES string of the molecule is O=S(=O)(O)CC(F)(F)C(F)(F)OC(F)(C(F)(F)F)C(F)(F)OC(F)=C(F)F. The quantitative estimate of drug-likeness (QED) is 0.339. The molecular weight excluding hydrogens is 455 g/mol. The van der Waals surface area contributed by atoms with Crippen LogP contribution in [0.1, 0.15) is 0 Å². The molecule has 0 saturated heterocycles. The molecule has 19 heteroatoms. The van der Waals surface area contributed by atoms with Gasteiger partial charge in [0.15, 0.2) is 0 Å². The van der Waals surface area contributed by atoms with E-state index in [0.29, 0.717) is 0 Å². The topological polar surface area (TPSA) is 72.8 Å². The summed E-state index contributed by atoms with van der Waals surface area (Å²) < 4.78 is 196. The number of halogens is 13. The van der Waals surface area contributed by atoms with Crippen molar-refractivity contribution >= 4 is 10.1 Å². The van der Waals surface area contributed by atoms with Crippen LogP contribution in [0.25, 0.3) is 0 Å². The van der Waals surface area contributed by atoms with E-state index in [-0.39, 0.29) is 0 Å². The van der Waals surface area contributed by atoms with Crippen molar-refractivity contribution in [3.63, 3.8) is 0 Å². The zero-order chi connectivity index (χ0) is 22.3. The summed E-state index contributed by atoms with van der Waals surface area (Å²) in [7, 11) is -6.12. The maximum Gasteiger partial charge on any atom is 0.471 e. The van der Waals surface area contributed by atoms with Crippen molar-refractivity contribution in [1.82, 2.24) is 0 Å². The van der Waals surface area contributed by atoms with Crippen molar-refractivity contribution in [2.24, 2.45) is 0 Å². The largest absolute Gasteiger partial charge is 0.471 e. The number of rotatable bonds is 8. The smallest absolute Gasteiger partial charge is 0.398 e. The third kappa shape index (κ3) is 5.74. The Morgan fingerprint density at radius 1 is 0.815 bits per heavy atom. The molecule has 0 radical (unpaired) electrons. The first-order chi connectivity index (χ1) is 11.5. The second-order valence-electron chi connectivity index (χ2n) is 4.30. The molecular formula is C8H3F13O5S. The van der Waals surface area contributed by atoms with Gasteiger partial charge in [0.05, 0.1) is 0 Å². The van der Waals surface area contributed by atoms with Gasteiger partial charge in [-0.25, -0.2) is 0 Å². The summed E-state index contributed by atoms with van der Waals surface area (Å²) in [5, 5.41) is 0. The molecule has 1 N–H and O–H groups in total. The van der Waals surface area contributed by atoms with E-state index in [4.69, 9.17) is 4.55 Å². The Kier molecular flexibility index (Phi) is 6.75. The van der Waals surface area contributed by atoms with Gasteiger partial charge in [-0.3, -0.25) is 9.29 Å².